The predicted molar refractivity (Wildman–Crippen MR) is 125 cm³/mol. The standard InChI is InChI=1S/C20H26ClN5.HI/c1-14-17(18-7-5-6-8-19(18)24-14)9-10-23-20(22-2)26(4)13-16-11-15(21)12-25(16)3;/h5-8,11-12,24H,9-10,13H2,1-4H3,(H,22,23);1H. The summed E-state index contributed by atoms with van der Waals surface area (Å²) in [7, 11) is 5.85. The Bertz CT molecular complexity index is 928. The lowest BCUT2D eigenvalue weighted by molar-refractivity contribution is 0.462. The zero-order valence-electron chi connectivity index (χ0n) is 16.2. The van der Waals surface area contributed by atoms with Crippen LogP contribution in [0.2, 0.25) is 5.02 Å². The SMILES string of the molecule is CN=C(NCCc1c(C)[nH]c2ccccc12)N(C)Cc1cc(Cl)cn1C.I. The number of nitrogens with one attached hydrogen (secondary N) is 2. The minimum Gasteiger partial charge on any atom is -0.358 e. The number of hydrogen-bond donors (Lipinski definition) is 2. The highest BCUT2D eigenvalue weighted by atomic mass is 127. The zero-order chi connectivity index (χ0) is 18.7. The number of aromatic nitrogens is 2. The lowest BCUT2D eigenvalue weighted by atomic mass is 10.1. The smallest absolute Gasteiger partial charge is 0.193 e. The fraction of sp³-hybridized carbons (Fsp3) is 0.350. The van der Waals surface area contributed by atoms with Crippen molar-refractivity contribution in [1.29, 1.82) is 0 Å². The Morgan fingerprint density at radius 2 is 2.07 bits per heavy atom. The van der Waals surface area contributed by atoms with Crippen molar-refractivity contribution in [3.8, 4) is 0 Å². The van der Waals surface area contributed by atoms with Crippen molar-refractivity contribution < 1.29 is 0 Å². The number of aryl methyl sites for hydroxylation is 2. The average Bonchev–Trinajstić information content (AvgIpc) is 3.09. The highest BCUT2D eigenvalue weighted by molar-refractivity contribution is 14.0. The van der Waals surface area contributed by atoms with Gasteiger partial charge in [0.25, 0.3) is 0 Å². The number of H-pyrrole nitrogens is 1. The Kier molecular flexibility index (Phi) is 7.61. The monoisotopic (exact) mass is 499 g/mol. The fourth-order valence-corrected chi connectivity index (χ4v) is 3.65. The molecule has 0 aliphatic carbocycles. The molecule has 2 heterocycles. The molecule has 146 valence electrons. The van der Waals surface area contributed by atoms with Crippen LogP contribution in [0.3, 0.4) is 0 Å². The van der Waals surface area contributed by atoms with Crippen LogP contribution in [0.5, 0.6) is 0 Å². The second kappa shape index (κ2) is 9.50. The molecule has 0 bridgehead atoms. The van der Waals surface area contributed by atoms with Crippen molar-refractivity contribution in [1.82, 2.24) is 19.8 Å². The summed E-state index contributed by atoms with van der Waals surface area (Å²) in [6, 6.07) is 10.4. The van der Waals surface area contributed by atoms with Gasteiger partial charge in [0.2, 0.25) is 0 Å². The van der Waals surface area contributed by atoms with Crippen LogP contribution in [0.1, 0.15) is 17.0 Å². The first-order chi connectivity index (χ1) is 12.5. The van der Waals surface area contributed by atoms with Gasteiger partial charge in [0.15, 0.2) is 5.96 Å². The normalized spacial score (nSPS) is 11.5. The minimum atomic E-state index is 0. The van der Waals surface area contributed by atoms with E-state index in [1.54, 1.807) is 0 Å². The largest absolute Gasteiger partial charge is 0.358 e. The molecule has 3 aromatic rings. The van der Waals surface area contributed by atoms with E-state index in [4.69, 9.17) is 11.6 Å². The molecule has 0 saturated carbocycles. The molecule has 2 aromatic heterocycles. The predicted octanol–water partition coefficient (Wildman–Crippen LogP) is 4.34. The maximum absolute atomic E-state index is 6.08. The average molecular weight is 500 g/mol. The van der Waals surface area contributed by atoms with E-state index in [1.807, 2.05) is 38.0 Å². The third-order valence-electron chi connectivity index (χ3n) is 4.73. The number of nitrogens with zero attached hydrogens (tertiary/aromatic N) is 3. The molecule has 0 spiro atoms. The molecule has 2 N–H and O–H groups in total. The highest BCUT2D eigenvalue weighted by Crippen LogP contribution is 2.22. The van der Waals surface area contributed by atoms with Gasteiger partial charge in [-0.25, -0.2) is 0 Å². The number of para-hydroxylation sites is 1. The van der Waals surface area contributed by atoms with Gasteiger partial charge in [0.05, 0.1) is 11.6 Å². The van der Waals surface area contributed by atoms with Crippen LogP contribution in [-0.2, 0) is 20.0 Å². The second-order valence-corrected chi connectivity index (χ2v) is 7.05. The Balaban J connectivity index is 0.00000261. The van der Waals surface area contributed by atoms with Crippen molar-refractivity contribution in [2.75, 3.05) is 20.6 Å². The van der Waals surface area contributed by atoms with Gasteiger partial charge in [-0.2, -0.15) is 0 Å². The van der Waals surface area contributed by atoms with Crippen LogP contribution < -0.4 is 5.32 Å². The minimum absolute atomic E-state index is 0. The molecule has 0 unspecified atom stereocenters. The summed E-state index contributed by atoms with van der Waals surface area (Å²) in [6.45, 7) is 3.71. The molecule has 5 nitrogen and oxygen atoms in total. The number of aromatic amines is 1. The summed E-state index contributed by atoms with van der Waals surface area (Å²) in [5, 5.41) is 5.52. The molecule has 0 radical (unpaired) electrons. The summed E-state index contributed by atoms with van der Waals surface area (Å²) in [5.41, 5.74) is 4.94. The Hall–Kier alpha value is -1.67. The molecule has 0 saturated heterocycles. The number of rotatable bonds is 5. The van der Waals surface area contributed by atoms with E-state index in [0.29, 0.717) is 0 Å². The summed E-state index contributed by atoms with van der Waals surface area (Å²) < 4.78 is 2.04. The first-order valence-electron chi connectivity index (χ1n) is 8.78. The molecule has 1 aromatic carbocycles. The number of hydrogen-bond acceptors (Lipinski definition) is 1. The topological polar surface area (TPSA) is 48.4 Å². The fourth-order valence-electron chi connectivity index (χ4n) is 3.38. The van der Waals surface area contributed by atoms with E-state index >= 15 is 0 Å². The van der Waals surface area contributed by atoms with Crippen LogP contribution >= 0.6 is 35.6 Å². The van der Waals surface area contributed by atoms with Crippen molar-refractivity contribution >= 4 is 52.4 Å². The summed E-state index contributed by atoms with van der Waals surface area (Å²) in [6.07, 6.45) is 2.86. The van der Waals surface area contributed by atoms with E-state index in [1.165, 1.54) is 22.2 Å². The third kappa shape index (κ3) is 4.99. The first kappa shape index (κ1) is 21.6. The van der Waals surface area contributed by atoms with Crippen LogP contribution in [0.4, 0.5) is 0 Å². The van der Waals surface area contributed by atoms with Crippen molar-refractivity contribution in [3.63, 3.8) is 0 Å². The molecule has 3 rings (SSSR count). The molecule has 0 aliphatic rings. The number of halogens is 2. The molecule has 0 aliphatic heterocycles. The first-order valence-corrected chi connectivity index (χ1v) is 9.16. The molecular weight excluding hydrogens is 473 g/mol. The molecule has 0 amide bonds. The molecule has 27 heavy (non-hydrogen) atoms. The third-order valence-corrected chi connectivity index (χ3v) is 4.94. The van der Waals surface area contributed by atoms with Crippen molar-refractivity contribution in [2.45, 2.75) is 19.9 Å². The van der Waals surface area contributed by atoms with E-state index in [2.05, 4.69) is 51.4 Å². The Morgan fingerprint density at radius 1 is 1.33 bits per heavy atom. The number of fused-ring (bicyclic) bond motifs is 1. The van der Waals surface area contributed by atoms with Crippen LogP contribution in [-0.4, -0.2) is 41.1 Å². The Morgan fingerprint density at radius 3 is 2.74 bits per heavy atom. The van der Waals surface area contributed by atoms with Gasteiger partial charge in [0.1, 0.15) is 0 Å². The molecule has 7 heteroatoms. The Labute approximate surface area is 182 Å². The van der Waals surface area contributed by atoms with Crippen LogP contribution in [0, 0.1) is 6.92 Å². The summed E-state index contributed by atoms with van der Waals surface area (Å²) in [4.78, 5) is 9.97. The molecular formula is C20H27ClIN5. The van der Waals surface area contributed by atoms with Gasteiger partial charge in [-0.15, -0.1) is 24.0 Å². The summed E-state index contributed by atoms with van der Waals surface area (Å²) >= 11 is 6.08. The van der Waals surface area contributed by atoms with Crippen molar-refractivity contribution in [3.05, 3.63) is 58.5 Å². The van der Waals surface area contributed by atoms with E-state index in [-0.39, 0.29) is 24.0 Å². The van der Waals surface area contributed by atoms with Crippen molar-refractivity contribution in [2.24, 2.45) is 12.0 Å². The van der Waals surface area contributed by atoms with Gasteiger partial charge < -0.3 is 19.8 Å². The van der Waals surface area contributed by atoms with Gasteiger partial charge >= 0.3 is 0 Å². The number of guanidine groups is 1. The van der Waals surface area contributed by atoms with Gasteiger partial charge in [-0.05, 0) is 31.0 Å². The lowest BCUT2D eigenvalue weighted by Crippen LogP contribution is -2.39. The zero-order valence-corrected chi connectivity index (χ0v) is 19.3. The highest BCUT2D eigenvalue weighted by Gasteiger charge is 2.11. The summed E-state index contributed by atoms with van der Waals surface area (Å²) in [5.74, 6) is 0.875. The quantitative estimate of drug-likeness (QED) is 0.312. The number of aliphatic imine (C=N–C) groups is 1. The van der Waals surface area contributed by atoms with Gasteiger partial charge in [-0.3, -0.25) is 4.99 Å². The maximum Gasteiger partial charge on any atom is 0.193 e. The number of benzene rings is 1. The van der Waals surface area contributed by atoms with E-state index in [9.17, 15) is 0 Å². The van der Waals surface area contributed by atoms with Gasteiger partial charge in [0, 0.05) is 56.2 Å². The second-order valence-electron chi connectivity index (χ2n) is 6.61. The van der Waals surface area contributed by atoms with E-state index < -0.39 is 0 Å². The lowest BCUT2D eigenvalue weighted by Gasteiger charge is -2.22. The molecule has 0 atom stereocenters. The van der Waals surface area contributed by atoms with Crippen LogP contribution in [0.15, 0.2) is 41.5 Å². The maximum atomic E-state index is 6.08. The molecule has 0 fully saturated rings. The van der Waals surface area contributed by atoms with Gasteiger partial charge in [-0.1, -0.05) is 29.8 Å². The van der Waals surface area contributed by atoms with E-state index in [0.717, 1.165) is 36.2 Å². The van der Waals surface area contributed by atoms with Crippen LogP contribution in [0.25, 0.3) is 10.9 Å².